The number of ether oxygens (including phenoxy) is 1. The van der Waals surface area contributed by atoms with E-state index < -0.39 is 15.9 Å². The second-order valence-electron chi connectivity index (χ2n) is 9.10. The number of sulfonamides is 1. The molecule has 1 fully saturated rings. The van der Waals surface area contributed by atoms with Crippen LogP contribution in [0.3, 0.4) is 0 Å². The summed E-state index contributed by atoms with van der Waals surface area (Å²) in [5, 5.41) is 8.18. The zero-order chi connectivity index (χ0) is 24.6. The van der Waals surface area contributed by atoms with Gasteiger partial charge in [-0.05, 0) is 61.6 Å². The molecule has 9 nitrogen and oxygen atoms in total. The van der Waals surface area contributed by atoms with Crippen LogP contribution in [0.1, 0.15) is 35.7 Å². The lowest BCUT2D eigenvalue weighted by Crippen LogP contribution is -2.41. The van der Waals surface area contributed by atoms with E-state index in [1.54, 1.807) is 0 Å². The van der Waals surface area contributed by atoms with Crippen molar-refractivity contribution in [2.75, 3.05) is 31.2 Å². The number of aromatic nitrogens is 2. The Morgan fingerprint density at radius 2 is 1.69 bits per heavy atom. The maximum atomic E-state index is 12.5. The molecule has 2 aliphatic rings. The van der Waals surface area contributed by atoms with E-state index in [2.05, 4.69) is 5.32 Å². The van der Waals surface area contributed by atoms with Gasteiger partial charge in [-0.25, -0.2) is 17.4 Å². The molecular weight excluding hydrogens is 466 g/mol. The summed E-state index contributed by atoms with van der Waals surface area (Å²) in [5.41, 5.74) is 7.49. The van der Waals surface area contributed by atoms with Gasteiger partial charge in [0.1, 0.15) is 28.6 Å². The summed E-state index contributed by atoms with van der Waals surface area (Å²) in [4.78, 5) is 12.5. The van der Waals surface area contributed by atoms with Crippen LogP contribution in [0.4, 0.5) is 5.82 Å². The van der Waals surface area contributed by atoms with Gasteiger partial charge < -0.3 is 15.8 Å². The molecule has 0 spiro atoms. The van der Waals surface area contributed by atoms with E-state index in [0.717, 1.165) is 30.6 Å². The van der Waals surface area contributed by atoms with Gasteiger partial charge in [-0.2, -0.15) is 5.10 Å². The molecule has 1 saturated heterocycles. The minimum atomic E-state index is -3.19. The number of nitrogens with two attached hydrogens (primary N) is 1. The largest absolute Gasteiger partial charge is 0.457 e. The molecule has 3 heterocycles. The standard InChI is InChI=1S/C25H29N5O4S/c1-35(32,33)29-15-12-17(13-16-29)21-11-14-27-25-22(24(26)31)23(28-30(21)25)18-7-9-20(10-8-18)34-19-5-3-2-4-6-19/h2-10,17,21,27H,11-16H2,1H3,(H2,26,31)/t21-/m0/s1. The number of nitrogens with one attached hydrogen (secondary N) is 1. The SMILES string of the molecule is CS(=O)(=O)N1CCC([C@@H]2CCNc3c(C(N)=O)c(-c4ccc(Oc5ccccc5)cc4)nn32)CC1. The fourth-order valence-electron chi connectivity index (χ4n) is 5.07. The molecule has 0 radical (unpaired) electrons. The monoisotopic (exact) mass is 495 g/mol. The number of amides is 1. The molecule has 0 saturated carbocycles. The highest BCUT2D eigenvalue weighted by atomic mass is 32.2. The summed E-state index contributed by atoms with van der Waals surface area (Å²) >= 11 is 0. The van der Waals surface area contributed by atoms with E-state index >= 15 is 0 Å². The highest BCUT2D eigenvalue weighted by molar-refractivity contribution is 7.88. The second-order valence-corrected chi connectivity index (χ2v) is 11.1. The van der Waals surface area contributed by atoms with Crippen molar-refractivity contribution in [1.82, 2.24) is 14.1 Å². The van der Waals surface area contributed by atoms with Crippen molar-refractivity contribution >= 4 is 21.7 Å². The Labute approximate surface area is 204 Å². The number of hydrogen-bond donors (Lipinski definition) is 2. The molecule has 1 aromatic heterocycles. The number of piperidine rings is 1. The number of benzene rings is 2. The molecule has 0 unspecified atom stereocenters. The van der Waals surface area contributed by atoms with Crippen LogP contribution in [-0.4, -0.2) is 54.3 Å². The van der Waals surface area contributed by atoms with E-state index in [0.29, 0.717) is 42.5 Å². The quantitative estimate of drug-likeness (QED) is 0.540. The maximum absolute atomic E-state index is 12.5. The Morgan fingerprint density at radius 3 is 2.31 bits per heavy atom. The first-order valence-corrected chi connectivity index (χ1v) is 13.6. The molecule has 2 aromatic carbocycles. The highest BCUT2D eigenvalue weighted by Crippen LogP contribution is 2.40. The molecule has 35 heavy (non-hydrogen) atoms. The van der Waals surface area contributed by atoms with Crippen molar-refractivity contribution in [3.05, 3.63) is 60.2 Å². The fourth-order valence-corrected chi connectivity index (χ4v) is 5.95. The van der Waals surface area contributed by atoms with Gasteiger partial charge in [0.05, 0.1) is 12.3 Å². The van der Waals surface area contributed by atoms with E-state index in [9.17, 15) is 13.2 Å². The van der Waals surface area contributed by atoms with Crippen molar-refractivity contribution in [1.29, 1.82) is 0 Å². The van der Waals surface area contributed by atoms with E-state index in [4.69, 9.17) is 15.6 Å². The number of hydrogen-bond acceptors (Lipinski definition) is 6. The molecule has 1 atom stereocenters. The lowest BCUT2D eigenvalue weighted by molar-refractivity contribution is 0.100. The first-order chi connectivity index (χ1) is 16.8. The summed E-state index contributed by atoms with van der Waals surface area (Å²) in [6, 6.07) is 17.0. The van der Waals surface area contributed by atoms with Gasteiger partial charge in [0.25, 0.3) is 5.91 Å². The molecule has 0 aliphatic carbocycles. The van der Waals surface area contributed by atoms with Gasteiger partial charge in [-0.3, -0.25) is 4.79 Å². The van der Waals surface area contributed by atoms with Crippen molar-refractivity contribution in [2.45, 2.75) is 25.3 Å². The smallest absolute Gasteiger partial charge is 0.254 e. The molecule has 5 rings (SSSR count). The van der Waals surface area contributed by atoms with Crippen LogP contribution >= 0.6 is 0 Å². The number of rotatable bonds is 6. The van der Waals surface area contributed by atoms with Crippen molar-refractivity contribution in [3.63, 3.8) is 0 Å². The lowest BCUT2D eigenvalue weighted by Gasteiger charge is -2.37. The van der Waals surface area contributed by atoms with Crippen LogP contribution < -0.4 is 15.8 Å². The third-order valence-corrected chi connectivity index (χ3v) is 8.13. The van der Waals surface area contributed by atoms with Crippen molar-refractivity contribution in [3.8, 4) is 22.8 Å². The van der Waals surface area contributed by atoms with Gasteiger partial charge in [-0.15, -0.1) is 0 Å². The number of carbonyl (C=O) groups excluding carboxylic acids is 1. The Hall–Kier alpha value is -3.37. The minimum Gasteiger partial charge on any atom is -0.457 e. The van der Waals surface area contributed by atoms with E-state index in [1.165, 1.54) is 10.6 Å². The summed E-state index contributed by atoms with van der Waals surface area (Å²) < 4.78 is 33.1. The second kappa shape index (κ2) is 9.35. The zero-order valence-electron chi connectivity index (χ0n) is 19.6. The molecule has 1 amide bonds. The Bertz CT molecular complexity index is 1310. The molecule has 3 N–H and O–H groups in total. The topological polar surface area (TPSA) is 120 Å². The van der Waals surface area contributed by atoms with Gasteiger partial charge >= 0.3 is 0 Å². The van der Waals surface area contributed by atoms with Crippen molar-refractivity contribution < 1.29 is 17.9 Å². The Kier molecular flexibility index (Phi) is 6.24. The molecular formula is C25H29N5O4S. The van der Waals surface area contributed by atoms with Crippen LogP contribution in [0.25, 0.3) is 11.3 Å². The van der Waals surface area contributed by atoms with Crippen LogP contribution in [0, 0.1) is 5.92 Å². The van der Waals surface area contributed by atoms with Crippen LogP contribution in [0.5, 0.6) is 11.5 Å². The predicted octanol–water partition coefficient (Wildman–Crippen LogP) is 3.47. The first-order valence-electron chi connectivity index (χ1n) is 11.8. The average Bonchev–Trinajstić information content (AvgIpc) is 3.25. The fraction of sp³-hybridized carbons (Fsp3) is 0.360. The summed E-state index contributed by atoms with van der Waals surface area (Å²) in [6.45, 7) is 1.71. The molecule has 10 heteroatoms. The highest BCUT2D eigenvalue weighted by Gasteiger charge is 2.36. The van der Waals surface area contributed by atoms with E-state index in [-0.39, 0.29) is 12.0 Å². The number of fused-ring (bicyclic) bond motifs is 1. The average molecular weight is 496 g/mol. The molecule has 3 aromatic rings. The maximum Gasteiger partial charge on any atom is 0.254 e. The molecule has 0 bridgehead atoms. The predicted molar refractivity (Wildman–Crippen MR) is 134 cm³/mol. The minimum absolute atomic E-state index is 0.0699. The van der Waals surface area contributed by atoms with Crippen LogP contribution in [0.2, 0.25) is 0 Å². The number of nitrogens with zero attached hydrogens (tertiary/aromatic N) is 3. The van der Waals surface area contributed by atoms with Gasteiger partial charge in [0, 0.05) is 25.2 Å². The van der Waals surface area contributed by atoms with Gasteiger partial charge in [0.15, 0.2) is 0 Å². The molecule has 184 valence electrons. The number of para-hydroxylation sites is 1. The molecule has 2 aliphatic heterocycles. The lowest BCUT2D eigenvalue weighted by atomic mass is 9.87. The van der Waals surface area contributed by atoms with Gasteiger partial charge in [0.2, 0.25) is 10.0 Å². The third-order valence-electron chi connectivity index (χ3n) is 6.82. The zero-order valence-corrected chi connectivity index (χ0v) is 20.4. The summed E-state index contributed by atoms with van der Waals surface area (Å²) in [6.07, 6.45) is 3.61. The first kappa shape index (κ1) is 23.4. The summed E-state index contributed by atoms with van der Waals surface area (Å²) in [7, 11) is -3.19. The Balaban J connectivity index is 1.42. The number of anilines is 1. The number of carbonyl (C=O) groups is 1. The van der Waals surface area contributed by atoms with Gasteiger partial charge in [-0.1, -0.05) is 18.2 Å². The normalized spacial score (nSPS) is 19.1. The number of primary amides is 1. The third kappa shape index (κ3) is 4.76. The van der Waals surface area contributed by atoms with Crippen LogP contribution in [0.15, 0.2) is 54.6 Å². The van der Waals surface area contributed by atoms with Crippen LogP contribution in [-0.2, 0) is 10.0 Å². The summed E-state index contributed by atoms with van der Waals surface area (Å²) in [5.74, 6) is 1.79. The van der Waals surface area contributed by atoms with Crippen molar-refractivity contribution in [2.24, 2.45) is 11.7 Å². The Morgan fingerprint density at radius 1 is 1.03 bits per heavy atom. The van der Waals surface area contributed by atoms with E-state index in [1.807, 2.05) is 59.3 Å².